The highest BCUT2D eigenvalue weighted by molar-refractivity contribution is 5.85. The minimum atomic E-state index is -0.421. The zero-order chi connectivity index (χ0) is 15.9. The van der Waals surface area contributed by atoms with E-state index in [1.807, 2.05) is 6.08 Å². The molecule has 1 aromatic carbocycles. The van der Waals surface area contributed by atoms with Crippen LogP contribution in [0.2, 0.25) is 0 Å². The van der Waals surface area contributed by atoms with Gasteiger partial charge in [0, 0.05) is 37.8 Å². The summed E-state index contributed by atoms with van der Waals surface area (Å²) >= 11 is 0. The summed E-state index contributed by atoms with van der Waals surface area (Å²) in [5.41, 5.74) is 0.767. The van der Waals surface area contributed by atoms with Gasteiger partial charge >= 0.3 is 0 Å². The first kappa shape index (κ1) is 20.1. The van der Waals surface area contributed by atoms with E-state index in [0.717, 1.165) is 51.9 Å². The van der Waals surface area contributed by atoms with Gasteiger partial charge < -0.3 is 5.32 Å². The van der Waals surface area contributed by atoms with Crippen LogP contribution in [-0.2, 0) is 0 Å². The van der Waals surface area contributed by atoms with Crippen molar-refractivity contribution in [3.8, 4) is 0 Å². The van der Waals surface area contributed by atoms with Crippen LogP contribution in [0.5, 0.6) is 0 Å². The first-order valence-electron chi connectivity index (χ1n) is 8.15. The molecule has 1 saturated heterocycles. The minimum absolute atomic E-state index is 0. The number of halogens is 3. The number of rotatable bonds is 7. The molecule has 1 heterocycles. The van der Waals surface area contributed by atoms with Gasteiger partial charge in [0.25, 0.3) is 0 Å². The van der Waals surface area contributed by atoms with E-state index in [4.69, 9.17) is 0 Å². The maximum Gasteiger partial charge on any atom is 0.133 e. The number of piperazine rings is 1. The molecule has 1 fully saturated rings. The van der Waals surface area contributed by atoms with E-state index in [1.54, 1.807) is 6.92 Å². The normalized spacial score (nSPS) is 16.7. The van der Waals surface area contributed by atoms with Gasteiger partial charge in [0.05, 0.1) is 0 Å². The number of nitrogens with one attached hydrogen (secondary N) is 1. The molecule has 130 valence electrons. The molecule has 2 nitrogen and oxygen atoms in total. The fourth-order valence-electron chi connectivity index (χ4n) is 3.11. The molecule has 0 aliphatic carbocycles. The predicted molar refractivity (Wildman–Crippen MR) is 94.2 cm³/mol. The number of unbranched alkanes of at least 4 members (excludes halogenated alkanes) is 2. The van der Waals surface area contributed by atoms with Gasteiger partial charge in [-0.25, -0.2) is 8.78 Å². The minimum Gasteiger partial charge on any atom is -0.314 e. The lowest BCUT2D eigenvalue weighted by Gasteiger charge is -2.35. The van der Waals surface area contributed by atoms with Crippen LogP contribution >= 0.6 is 12.4 Å². The van der Waals surface area contributed by atoms with Gasteiger partial charge in [0.2, 0.25) is 0 Å². The summed E-state index contributed by atoms with van der Waals surface area (Å²) in [4.78, 5) is 2.21. The second-order valence-electron chi connectivity index (χ2n) is 5.97. The standard InChI is InChI=1S/C18H26F2N2.ClH/c1-3-4-5-6-7-16(22-12-10-21-11-13-22)17-15(19)9-8-14(2)18(17)20;/h3,8-9,16,21H,1,4-7,10-13H2,2H3;1H/t16-;/m0./s1. The molecule has 1 aliphatic heterocycles. The van der Waals surface area contributed by atoms with E-state index in [1.165, 1.54) is 12.1 Å². The van der Waals surface area contributed by atoms with Crippen molar-refractivity contribution in [1.82, 2.24) is 10.2 Å². The Morgan fingerprint density at radius 1 is 1.26 bits per heavy atom. The maximum atomic E-state index is 14.5. The number of benzene rings is 1. The van der Waals surface area contributed by atoms with Gasteiger partial charge in [-0.15, -0.1) is 19.0 Å². The van der Waals surface area contributed by atoms with Crippen LogP contribution in [0.3, 0.4) is 0 Å². The van der Waals surface area contributed by atoms with Gasteiger partial charge in [-0.2, -0.15) is 0 Å². The lowest BCUT2D eigenvalue weighted by Crippen LogP contribution is -2.45. The predicted octanol–water partition coefficient (Wildman–Crippen LogP) is 4.39. The molecule has 1 N–H and O–H groups in total. The molecule has 1 atom stereocenters. The Labute approximate surface area is 144 Å². The summed E-state index contributed by atoms with van der Waals surface area (Å²) in [7, 11) is 0. The Balaban J connectivity index is 0.00000264. The van der Waals surface area contributed by atoms with Crippen LogP contribution < -0.4 is 5.32 Å². The van der Waals surface area contributed by atoms with Crippen LogP contribution in [0.15, 0.2) is 24.8 Å². The first-order valence-corrected chi connectivity index (χ1v) is 8.15. The third-order valence-electron chi connectivity index (χ3n) is 4.38. The molecule has 2 rings (SSSR count). The van der Waals surface area contributed by atoms with Crippen LogP contribution in [-0.4, -0.2) is 31.1 Å². The van der Waals surface area contributed by atoms with Crippen molar-refractivity contribution in [2.45, 2.75) is 38.6 Å². The molecule has 5 heteroatoms. The van der Waals surface area contributed by atoms with Crippen molar-refractivity contribution >= 4 is 12.4 Å². The smallest absolute Gasteiger partial charge is 0.133 e. The highest BCUT2D eigenvalue weighted by Crippen LogP contribution is 2.32. The Morgan fingerprint density at radius 2 is 1.96 bits per heavy atom. The van der Waals surface area contributed by atoms with Gasteiger partial charge in [-0.3, -0.25) is 4.90 Å². The van der Waals surface area contributed by atoms with E-state index in [-0.39, 0.29) is 29.8 Å². The summed E-state index contributed by atoms with van der Waals surface area (Å²) in [6.45, 7) is 8.84. The monoisotopic (exact) mass is 344 g/mol. The van der Waals surface area contributed by atoms with Crippen LogP contribution in [0.1, 0.15) is 42.9 Å². The molecule has 0 saturated carbocycles. The van der Waals surface area contributed by atoms with Gasteiger partial charge in [-0.05, 0) is 37.8 Å². The quantitative estimate of drug-likeness (QED) is 0.583. The second kappa shape index (κ2) is 10.0. The summed E-state index contributed by atoms with van der Waals surface area (Å²) in [6.07, 6.45) is 5.60. The van der Waals surface area contributed by atoms with Crippen LogP contribution in [0.4, 0.5) is 8.78 Å². The van der Waals surface area contributed by atoms with Crippen molar-refractivity contribution in [2.75, 3.05) is 26.2 Å². The highest BCUT2D eigenvalue weighted by Gasteiger charge is 2.27. The molecule has 23 heavy (non-hydrogen) atoms. The molecule has 1 aromatic rings. The van der Waals surface area contributed by atoms with Crippen LogP contribution in [0, 0.1) is 18.6 Å². The number of nitrogens with zero attached hydrogens (tertiary/aromatic N) is 1. The molecular formula is C18H27ClF2N2. The lowest BCUT2D eigenvalue weighted by atomic mass is 9.95. The van der Waals surface area contributed by atoms with Crippen molar-refractivity contribution in [2.24, 2.45) is 0 Å². The first-order chi connectivity index (χ1) is 10.6. The van der Waals surface area contributed by atoms with Crippen molar-refractivity contribution in [1.29, 1.82) is 0 Å². The van der Waals surface area contributed by atoms with Gasteiger partial charge in [0.1, 0.15) is 11.6 Å². The van der Waals surface area contributed by atoms with Gasteiger partial charge in [0.15, 0.2) is 0 Å². The number of hydrogen-bond donors (Lipinski definition) is 1. The molecule has 0 aromatic heterocycles. The number of hydrogen-bond acceptors (Lipinski definition) is 2. The van der Waals surface area contributed by atoms with Gasteiger partial charge in [-0.1, -0.05) is 18.6 Å². The zero-order valence-corrected chi connectivity index (χ0v) is 14.6. The number of allylic oxidation sites excluding steroid dienone is 1. The number of aryl methyl sites for hydroxylation is 1. The molecule has 0 unspecified atom stereocenters. The van der Waals surface area contributed by atoms with E-state index in [9.17, 15) is 8.78 Å². The molecule has 1 aliphatic rings. The second-order valence-corrected chi connectivity index (χ2v) is 5.97. The molecule has 0 bridgehead atoms. The largest absolute Gasteiger partial charge is 0.314 e. The average molecular weight is 345 g/mol. The maximum absolute atomic E-state index is 14.5. The van der Waals surface area contributed by atoms with E-state index in [2.05, 4.69) is 16.8 Å². The van der Waals surface area contributed by atoms with E-state index < -0.39 is 5.82 Å². The van der Waals surface area contributed by atoms with Crippen molar-refractivity contribution in [3.63, 3.8) is 0 Å². The molecule has 0 amide bonds. The fraction of sp³-hybridized carbons (Fsp3) is 0.556. The van der Waals surface area contributed by atoms with Crippen molar-refractivity contribution < 1.29 is 8.78 Å². The van der Waals surface area contributed by atoms with E-state index in [0.29, 0.717) is 5.56 Å². The summed E-state index contributed by atoms with van der Waals surface area (Å²) < 4.78 is 28.9. The Morgan fingerprint density at radius 3 is 2.61 bits per heavy atom. The molecular weight excluding hydrogens is 318 g/mol. The average Bonchev–Trinajstić information content (AvgIpc) is 2.54. The topological polar surface area (TPSA) is 15.3 Å². The highest BCUT2D eigenvalue weighted by atomic mass is 35.5. The van der Waals surface area contributed by atoms with Crippen molar-refractivity contribution in [3.05, 3.63) is 47.5 Å². The Hall–Kier alpha value is -0.970. The molecule has 0 spiro atoms. The SMILES string of the molecule is C=CCCCC[C@@H](c1c(F)ccc(C)c1F)N1CCNCC1.Cl. The fourth-order valence-corrected chi connectivity index (χ4v) is 3.11. The summed E-state index contributed by atoms with van der Waals surface area (Å²) in [6, 6.07) is 2.74. The Kier molecular flexibility index (Phi) is 8.74. The Bertz CT molecular complexity index is 502. The van der Waals surface area contributed by atoms with Crippen LogP contribution in [0.25, 0.3) is 0 Å². The molecule has 0 radical (unpaired) electrons. The lowest BCUT2D eigenvalue weighted by molar-refractivity contribution is 0.156. The summed E-state index contributed by atoms with van der Waals surface area (Å²) in [5, 5.41) is 3.30. The zero-order valence-electron chi connectivity index (χ0n) is 13.8. The third-order valence-corrected chi connectivity index (χ3v) is 4.38. The van der Waals surface area contributed by atoms with E-state index >= 15 is 0 Å². The third kappa shape index (κ3) is 5.27. The summed E-state index contributed by atoms with van der Waals surface area (Å²) in [5.74, 6) is -0.803.